The third kappa shape index (κ3) is 3.95. The number of hydrogen-bond donors (Lipinski definition) is 1. The third-order valence-electron chi connectivity index (χ3n) is 6.16. The molecule has 1 saturated carbocycles. The van der Waals surface area contributed by atoms with Crippen LogP contribution in [0.25, 0.3) is 0 Å². The molecule has 1 saturated heterocycles. The van der Waals surface area contributed by atoms with Crippen molar-refractivity contribution in [1.29, 1.82) is 0 Å². The van der Waals surface area contributed by atoms with Gasteiger partial charge in [-0.3, -0.25) is 9.59 Å². The molecule has 0 aromatic heterocycles. The van der Waals surface area contributed by atoms with Crippen molar-refractivity contribution in [2.45, 2.75) is 50.2 Å². The number of nitrogens with one attached hydrogen (secondary N) is 1. The molecular weight excluding hydrogens is 342 g/mol. The molecule has 0 unspecified atom stereocenters. The fourth-order valence-electron chi connectivity index (χ4n) is 4.52. The first-order valence-corrected chi connectivity index (χ1v) is 10.1. The normalized spacial score (nSPS) is 23.0. The van der Waals surface area contributed by atoms with Gasteiger partial charge in [-0.1, -0.05) is 25.0 Å². The maximum absolute atomic E-state index is 13.2. The van der Waals surface area contributed by atoms with E-state index in [-0.39, 0.29) is 24.4 Å². The van der Waals surface area contributed by atoms with E-state index in [1.807, 2.05) is 18.2 Å². The lowest BCUT2D eigenvalue weighted by atomic mass is 9.90. The number of fused-ring (bicyclic) bond motifs is 1. The van der Waals surface area contributed by atoms with Crippen LogP contribution >= 0.6 is 0 Å². The van der Waals surface area contributed by atoms with Gasteiger partial charge in [-0.25, -0.2) is 0 Å². The topological polar surface area (TPSA) is 61.9 Å². The SMILES string of the molecule is CN1CCC2(CC1)CN(CC(=O)NC1CCCC1)C(=O)c1ccccc1O2. The van der Waals surface area contributed by atoms with Crippen LogP contribution in [0.3, 0.4) is 0 Å². The second-order valence-electron chi connectivity index (χ2n) is 8.29. The lowest BCUT2D eigenvalue weighted by Gasteiger charge is -2.41. The second kappa shape index (κ2) is 7.50. The maximum atomic E-state index is 13.2. The smallest absolute Gasteiger partial charge is 0.258 e. The molecule has 1 N–H and O–H groups in total. The van der Waals surface area contributed by atoms with Gasteiger partial charge in [0.05, 0.1) is 12.1 Å². The average molecular weight is 371 g/mol. The van der Waals surface area contributed by atoms with Crippen molar-refractivity contribution in [1.82, 2.24) is 15.1 Å². The number of ether oxygens (including phenoxy) is 1. The largest absolute Gasteiger partial charge is 0.484 e. The monoisotopic (exact) mass is 371 g/mol. The highest BCUT2D eigenvalue weighted by Gasteiger charge is 2.42. The van der Waals surface area contributed by atoms with Gasteiger partial charge < -0.3 is 19.9 Å². The molecule has 2 aliphatic heterocycles. The van der Waals surface area contributed by atoms with Gasteiger partial charge in [-0.05, 0) is 32.0 Å². The van der Waals surface area contributed by atoms with Crippen molar-refractivity contribution in [2.75, 3.05) is 33.2 Å². The van der Waals surface area contributed by atoms with Crippen molar-refractivity contribution < 1.29 is 14.3 Å². The Morgan fingerprint density at radius 2 is 1.93 bits per heavy atom. The Bertz CT molecular complexity index is 706. The standard InChI is InChI=1S/C21H29N3O3/c1-23-12-10-21(11-13-23)15-24(14-19(25)22-16-6-2-3-7-16)20(26)17-8-4-5-9-18(17)27-21/h4-5,8-9,16H,2-3,6-7,10-15H2,1H3,(H,22,25). The predicted octanol–water partition coefficient (Wildman–Crippen LogP) is 2.04. The number of nitrogens with zero attached hydrogens (tertiary/aromatic N) is 2. The van der Waals surface area contributed by atoms with E-state index in [0.717, 1.165) is 38.8 Å². The number of amides is 2. The number of benzene rings is 1. The Morgan fingerprint density at radius 3 is 2.67 bits per heavy atom. The van der Waals surface area contributed by atoms with E-state index in [9.17, 15) is 9.59 Å². The van der Waals surface area contributed by atoms with E-state index >= 15 is 0 Å². The highest BCUT2D eigenvalue weighted by molar-refractivity contribution is 5.99. The molecule has 2 fully saturated rings. The minimum atomic E-state index is -0.414. The number of carbonyl (C=O) groups excluding carboxylic acids is 2. The van der Waals surface area contributed by atoms with E-state index < -0.39 is 5.60 Å². The number of carbonyl (C=O) groups is 2. The zero-order valence-electron chi connectivity index (χ0n) is 16.1. The number of para-hydroxylation sites is 1. The summed E-state index contributed by atoms with van der Waals surface area (Å²) < 4.78 is 6.43. The van der Waals surface area contributed by atoms with Crippen LogP contribution in [0.5, 0.6) is 5.75 Å². The van der Waals surface area contributed by atoms with Crippen molar-refractivity contribution in [3.05, 3.63) is 29.8 Å². The Kier molecular flexibility index (Phi) is 5.08. The van der Waals surface area contributed by atoms with Crippen LogP contribution < -0.4 is 10.1 Å². The van der Waals surface area contributed by atoms with Crippen LogP contribution in [-0.4, -0.2) is 66.5 Å². The van der Waals surface area contributed by atoms with E-state index in [4.69, 9.17) is 4.74 Å². The summed E-state index contributed by atoms with van der Waals surface area (Å²) >= 11 is 0. The zero-order chi connectivity index (χ0) is 18.9. The molecule has 146 valence electrons. The Hall–Kier alpha value is -2.08. The van der Waals surface area contributed by atoms with Crippen LogP contribution in [0.1, 0.15) is 48.9 Å². The van der Waals surface area contributed by atoms with Gasteiger partial charge >= 0.3 is 0 Å². The summed E-state index contributed by atoms with van der Waals surface area (Å²) in [4.78, 5) is 29.7. The molecule has 27 heavy (non-hydrogen) atoms. The number of hydrogen-bond acceptors (Lipinski definition) is 4. The van der Waals surface area contributed by atoms with Crippen LogP contribution in [0.2, 0.25) is 0 Å². The minimum Gasteiger partial charge on any atom is -0.484 e. The molecule has 1 spiro atoms. The predicted molar refractivity (Wildman–Crippen MR) is 103 cm³/mol. The Morgan fingerprint density at radius 1 is 1.22 bits per heavy atom. The van der Waals surface area contributed by atoms with Crippen molar-refractivity contribution in [3.63, 3.8) is 0 Å². The molecule has 1 aromatic carbocycles. The van der Waals surface area contributed by atoms with E-state index in [1.165, 1.54) is 12.8 Å². The second-order valence-corrected chi connectivity index (χ2v) is 8.29. The molecule has 0 radical (unpaired) electrons. The van der Waals surface area contributed by atoms with Gasteiger partial charge in [0, 0.05) is 32.0 Å². The summed E-state index contributed by atoms with van der Waals surface area (Å²) in [6, 6.07) is 7.68. The molecule has 2 amide bonds. The van der Waals surface area contributed by atoms with Crippen molar-refractivity contribution in [2.24, 2.45) is 0 Å². The van der Waals surface area contributed by atoms with Crippen LogP contribution in [0.4, 0.5) is 0 Å². The van der Waals surface area contributed by atoms with Gasteiger partial charge in [0.25, 0.3) is 5.91 Å². The third-order valence-corrected chi connectivity index (χ3v) is 6.16. The molecule has 6 nitrogen and oxygen atoms in total. The lowest BCUT2D eigenvalue weighted by Crippen LogP contribution is -2.55. The van der Waals surface area contributed by atoms with E-state index in [0.29, 0.717) is 17.9 Å². The molecule has 1 aromatic rings. The zero-order valence-corrected chi connectivity index (χ0v) is 16.1. The van der Waals surface area contributed by atoms with Gasteiger partial charge in [0.1, 0.15) is 17.9 Å². The highest BCUT2D eigenvalue weighted by atomic mass is 16.5. The molecule has 1 aliphatic carbocycles. The van der Waals surface area contributed by atoms with Crippen LogP contribution in [-0.2, 0) is 4.79 Å². The number of likely N-dealkylation sites (tertiary alicyclic amines) is 1. The summed E-state index contributed by atoms with van der Waals surface area (Å²) in [7, 11) is 2.11. The molecule has 2 heterocycles. The van der Waals surface area contributed by atoms with Gasteiger partial charge in [0.15, 0.2) is 0 Å². The van der Waals surface area contributed by atoms with Crippen LogP contribution in [0.15, 0.2) is 24.3 Å². The van der Waals surface area contributed by atoms with Gasteiger partial charge in [0.2, 0.25) is 5.91 Å². The van der Waals surface area contributed by atoms with Crippen molar-refractivity contribution >= 4 is 11.8 Å². The molecule has 0 atom stereocenters. The maximum Gasteiger partial charge on any atom is 0.258 e. The highest BCUT2D eigenvalue weighted by Crippen LogP contribution is 2.35. The summed E-state index contributed by atoms with van der Waals surface area (Å²) in [5, 5.41) is 3.11. The van der Waals surface area contributed by atoms with Crippen molar-refractivity contribution in [3.8, 4) is 5.75 Å². The van der Waals surface area contributed by atoms with Gasteiger partial charge in [-0.2, -0.15) is 0 Å². The fraction of sp³-hybridized carbons (Fsp3) is 0.619. The van der Waals surface area contributed by atoms with E-state index in [1.54, 1.807) is 11.0 Å². The first-order chi connectivity index (χ1) is 13.0. The molecule has 3 aliphatic rings. The molecular formula is C21H29N3O3. The molecule has 4 rings (SSSR count). The number of rotatable bonds is 3. The lowest BCUT2D eigenvalue weighted by molar-refractivity contribution is -0.123. The summed E-state index contributed by atoms with van der Waals surface area (Å²) in [5.41, 5.74) is 0.143. The Balaban J connectivity index is 1.55. The summed E-state index contributed by atoms with van der Waals surface area (Å²) in [6.07, 6.45) is 6.14. The van der Waals surface area contributed by atoms with E-state index in [2.05, 4.69) is 17.3 Å². The van der Waals surface area contributed by atoms with Crippen LogP contribution in [0, 0.1) is 0 Å². The minimum absolute atomic E-state index is 0.0577. The first-order valence-electron chi connectivity index (χ1n) is 10.1. The molecule has 0 bridgehead atoms. The summed E-state index contributed by atoms with van der Waals surface area (Å²) in [6.45, 7) is 2.42. The summed E-state index contributed by atoms with van der Waals surface area (Å²) in [5.74, 6) is 0.478. The number of piperidine rings is 1. The first kappa shape index (κ1) is 18.3. The average Bonchev–Trinajstić information content (AvgIpc) is 3.13. The quantitative estimate of drug-likeness (QED) is 0.883. The fourth-order valence-corrected chi connectivity index (χ4v) is 4.52. The Labute approximate surface area is 160 Å². The molecule has 6 heteroatoms. The van der Waals surface area contributed by atoms with Gasteiger partial charge in [-0.15, -0.1) is 0 Å².